The van der Waals surface area contributed by atoms with Gasteiger partial charge in [-0.3, -0.25) is 16.0 Å². The summed E-state index contributed by atoms with van der Waals surface area (Å²) in [5.74, 6) is 4.11. The number of nitrogens with one attached hydrogen (secondary N) is 2. The van der Waals surface area contributed by atoms with Gasteiger partial charge in [-0.05, 0) is 24.3 Å². The van der Waals surface area contributed by atoms with Gasteiger partial charge in [-0.15, -0.1) is 0 Å². The van der Waals surface area contributed by atoms with E-state index < -0.39 is 16.6 Å². The Morgan fingerprint density at radius 3 is 2.52 bits per heavy atom. The Hall–Kier alpha value is -2.74. The number of anilines is 2. The average molecular weight is 294 g/mol. The number of hydrazine groups is 1. The predicted molar refractivity (Wildman–Crippen MR) is 74.6 cm³/mol. The smallest absolute Gasteiger partial charge is 0.273 e. The Morgan fingerprint density at radius 1 is 1.14 bits per heavy atom. The highest BCUT2D eigenvalue weighted by molar-refractivity contribution is 5.63. The maximum Gasteiger partial charge on any atom is 0.273 e. The number of non-ortho nitro benzene ring substituents is 1. The Morgan fingerprint density at radius 2 is 1.86 bits per heavy atom. The Balaban J connectivity index is 2.21. The molecule has 4 N–H and O–H groups in total. The first-order chi connectivity index (χ1) is 9.99. The number of hydrogen-bond acceptors (Lipinski definition) is 5. The maximum absolute atomic E-state index is 13.5. The molecule has 0 atom stereocenters. The Kier molecular flexibility index (Phi) is 4.29. The average Bonchev–Trinajstić information content (AvgIpc) is 2.47. The topological polar surface area (TPSA) is 93.2 Å². The summed E-state index contributed by atoms with van der Waals surface area (Å²) in [5, 5.41) is 13.6. The van der Waals surface area contributed by atoms with Crippen LogP contribution in [0.3, 0.4) is 0 Å². The van der Waals surface area contributed by atoms with Crippen molar-refractivity contribution >= 4 is 17.1 Å². The lowest BCUT2D eigenvalue weighted by molar-refractivity contribution is -0.384. The molecule has 0 radical (unpaired) electrons. The predicted octanol–water partition coefficient (Wildman–Crippen LogP) is 2.77. The number of nitro benzene ring substituents is 1. The maximum atomic E-state index is 13.5. The third kappa shape index (κ3) is 3.63. The van der Waals surface area contributed by atoms with Crippen molar-refractivity contribution < 1.29 is 13.7 Å². The lowest BCUT2D eigenvalue weighted by atomic mass is 10.2. The molecule has 0 saturated carbocycles. The van der Waals surface area contributed by atoms with Crippen LogP contribution in [0.4, 0.5) is 25.8 Å². The van der Waals surface area contributed by atoms with Gasteiger partial charge in [0.2, 0.25) is 0 Å². The number of nitro groups is 1. The van der Waals surface area contributed by atoms with Crippen LogP contribution in [0.15, 0.2) is 36.4 Å². The molecular formula is C13H12F2N4O2. The molecular weight excluding hydrogens is 282 g/mol. The highest BCUT2D eigenvalue weighted by atomic mass is 19.1. The number of benzene rings is 2. The van der Waals surface area contributed by atoms with E-state index in [-0.39, 0.29) is 17.8 Å². The molecule has 8 heteroatoms. The van der Waals surface area contributed by atoms with Gasteiger partial charge in [-0.2, -0.15) is 0 Å². The van der Waals surface area contributed by atoms with Gasteiger partial charge in [-0.25, -0.2) is 8.78 Å². The number of rotatable bonds is 5. The van der Waals surface area contributed by atoms with Gasteiger partial charge in [0, 0.05) is 29.9 Å². The highest BCUT2D eigenvalue weighted by Gasteiger charge is 2.10. The van der Waals surface area contributed by atoms with Crippen molar-refractivity contribution in [2.24, 2.45) is 5.84 Å². The van der Waals surface area contributed by atoms with Crippen molar-refractivity contribution in [3.63, 3.8) is 0 Å². The molecule has 0 aliphatic carbocycles. The molecule has 2 aromatic carbocycles. The quantitative estimate of drug-likeness (QED) is 0.448. The normalized spacial score (nSPS) is 10.2. The van der Waals surface area contributed by atoms with Crippen LogP contribution >= 0.6 is 0 Å². The fraction of sp³-hybridized carbons (Fsp3) is 0.0769. The second kappa shape index (κ2) is 6.14. The minimum absolute atomic E-state index is 0.0191. The Bertz CT molecular complexity index is 679. The van der Waals surface area contributed by atoms with E-state index in [0.29, 0.717) is 11.4 Å². The van der Waals surface area contributed by atoms with Crippen LogP contribution < -0.4 is 16.6 Å². The first kappa shape index (κ1) is 14.7. The summed E-state index contributed by atoms with van der Waals surface area (Å²) in [7, 11) is 0. The second-order valence-electron chi connectivity index (χ2n) is 4.26. The molecule has 110 valence electrons. The minimum atomic E-state index is -0.575. The van der Waals surface area contributed by atoms with Crippen molar-refractivity contribution in [3.05, 3.63) is 63.7 Å². The molecule has 2 aromatic rings. The zero-order chi connectivity index (χ0) is 15.4. The molecule has 0 bridgehead atoms. The SMILES string of the molecule is NNc1cc(NCc2cc(F)ccc2F)cc([N+](=O)[O-])c1. The van der Waals surface area contributed by atoms with Gasteiger partial charge in [0.1, 0.15) is 11.6 Å². The van der Waals surface area contributed by atoms with E-state index in [1.807, 2.05) is 0 Å². The summed E-state index contributed by atoms with van der Waals surface area (Å²) in [6.45, 7) is -0.0191. The monoisotopic (exact) mass is 294 g/mol. The van der Waals surface area contributed by atoms with Crippen molar-refractivity contribution in [1.82, 2.24) is 0 Å². The van der Waals surface area contributed by atoms with Crippen LogP contribution in [0.25, 0.3) is 0 Å². The summed E-state index contributed by atoms with van der Waals surface area (Å²) in [5.41, 5.74) is 2.93. The molecule has 0 unspecified atom stereocenters. The summed E-state index contributed by atoms with van der Waals surface area (Å²) in [6, 6.07) is 7.15. The largest absolute Gasteiger partial charge is 0.381 e. The second-order valence-corrected chi connectivity index (χ2v) is 4.26. The lowest BCUT2D eigenvalue weighted by Gasteiger charge is -2.09. The molecule has 0 spiro atoms. The van der Waals surface area contributed by atoms with Gasteiger partial charge < -0.3 is 10.7 Å². The minimum Gasteiger partial charge on any atom is -0.381 e. The first-order valence-corrected chi connectivity index (χ1v) is 5.93. The van der Waals surface area contributed by atoms with Crippen molar-refractivity contribution in [2.45, 2.75) is 6.54 Å². The van der Waals surface area contributed by atoms with Crippen molar-refractivity contribution in [1.29, 1.82) is 0 Å². The fourth-order valence-corrected chi connectivity index (χ4v) is 1.78. The van der Waals surface area contributed by atoms with Crippen LogP contribution in [0, 0.1) is 21.7 Å². The first-order valence-electron chi connectivity index (χ1n) is 5.93. The summed E-state index contributed by atoms with van der Waals surface area (Å²) in [4.78, 5) is 10.2. The third-order valence-electron chi connectivity index (χ3n) is 2.79. The zero-order valence-electron chi connectivity index (χ0n) is 10.8. The molecule has 6 nitrogen and oxygen atoms in total. The van der Waals surface area contributed by atoms with Gasteiger partial charge in [0.05, 0.1) is 10.6 Å². The molecule has 0 aromatic heterocycles. The van der Waals surface area contributed by atoms with E-state index in [0.717, 1.165) is 18.2 Å². The van der Waals surface area contributed by atoms with E-state index >= 15 is 0 Å². The summed E-state index contributed by atoms with van der Waals surface area (Å²) < 4.78 is 26.5. The molecule has 0 fully saturated rings. The molecule has 0 aliphatic rings. The van der Waals surface area contributed by atoms with E-state index in [1.54, 1.807) is 0 Å². The number of nitrogens with two attached hydrogens (primary N) is 1. The summed E-state index contributed by atoms with van der Waals surface area (Å²) >= 11 is 0. The highest BCUT2D eigenvalue weighted by Crippen LogP contribution is 2.24. The van der Waals surface area contributed by atoms with Crippen LogP contribution in [-0.4, -0.2) is 4.92 Å². The van der Waals surface area contributed by atoms with Crippen molar-refractivity contribution in [2.75, 3.05) is 10.7 Å². The van der Waals surface area contributed by atoms with Gasteiger partial charge >= 0.3 is 0 Å². The number of nitrogen functional groups attached to an aromatic ring is 1. The van der Waals surface area contributed by atoms with Crippen LogP contribution in [0.5, 0.6) is 0 Å². The number of halogens is 2. The summed E-state index contributed by atoms with van der Waals surface area (Å²) in [6.07, 6.45) is 0. The van der Waals surface area contributed by atoms with E-state index in [1.165, 1.54) is 18.2 Å². The van der Waals surface area contributed by atoms with Crippen LogP contribution in [0.1, 0.15) is 5.56 Å². The molecule has 0 aliphatic heterocycles. The van der Waals surface area contributed by atoms with Crippen LogP contribution in [0.2, 0.25) is 0 Å². The van der Waals surface area contributed by atoms with Crippen molar-refractivity contribution in [3.8, 4) is 0 Å². The molecule has 2 rings (SSSR count). The molecule has 0 saturated heterocycles. The fourth-order valence-electron chi connectivity index (χ4n) is 1.78. The van der Waals surface area contributed by atoms with Gasteiger partial charge in [0.15, 0.2) is 0 Å². The number of hydrogen-bond donors (Lipinski definition) is 3. The van der Waals surface area contributed by atoms with Gasteiger partial charge in [0.25, 0.3) is 5.69 Å². The van der Waals surface area contributed by atoms with E-state index in [4.69, 9.17) is 5.84 Å². The van der Waals surface area contributed by atoms with E-state index in [9.17, 15) is 18.9 Å². The lowest BCUT2D eigenvalue weighted by Crippen LogP contribution is -2.08. The van der Waals surface area contributed by atoms with Gasteiger partial charge in [-0.1, -0.05) is 0 Å². The number of nitrogens with zero attached hydrogens (tertiary/aromatic N) is 1. The molecule has 0 amide bonds. The zero-order valence-corrected chi connectivity index (χ0v) is 10.8. The van der Waals surface area contributed by atoms with Crippen LogP contribution in [-0.2, 0) is 6.54 Å². The standard InChI is InChI=1S/C13H12F2N4O2/c14-9-1-2-13(15)8(3-9)7-17-10-4-11(18-16)6-12(5-10)19(20)21/h1-6,17-18H,7,16H2. The Labute approximate surface area is 118 Å². The van der Waals surface area contributed by atoms with E-state index in [2.05, 4.69) is 10.7 Å². The molecule has 21 heavy (non-hydrogen) atoms. The molecule has 0 heterocycles. The third-order valence-corrected chi connectivity index (χ3v) is 2.79.